The highest BCUT2D eigenvalue weighted by atomic mass is 32.2. The molecule has 0 bridgehead atoms. The lowest BCUT2D eigenvalue weighted by Gasteiger charge is -1.98. The van der Waals surface area contributed by atoms with Gasteiger partial charge in [0.2, 0.25) is 0 Å². The van der Waals surface area contributed by atoms with E-state index >= 15 is 0 Å². The zero-order chi connectivity index (χ0) is 7.66. The van der Waals surface area contributed by atoms with Gasteiger partial charge in [0.15, 0.2) is 0 Å². The molecule has 0 saturated heterocycles. The van der Waals surface area contributed by atoms with Crippen molar-refractivity contribution in [3.8, 4) is 0 Å². The Morgan fingerprint density at radius 2 is 2.10 bits per heavy atom. The predicted octanol–water partition coefficient (Wildman–Crippen LogP) is 0.539. The van der Waals surface area contributed by atoms with Crippen LogP contribution in [0.3, 0.4) is 0 Å². The quantitative estimate of drug-likeness (QED) is 0.406. The molecular formula is C6H12O3S. The average molecular weight is 164 g/mol. The first-order valence-corrected chi connectivity index (χ1v) is 4.19. The summed E-state index contributed by atoms with van der Waals surface area (Å²) in [6, 6.07) is 0. The van der Waals surface area contributed by atoms with Crippen molar-refractivity contribution >= 4 is 18.2 Å². The summed E-state index contributed by atoms with van der Waals surface area (Å²) in [6.45, 7) is 1.72. The molecule has 10 heavy (non-hydrogen) atoms. The van der Waals surface area contributed by atoms with Gasteiger partial charge in [0.1, 0.15) is 6.61 Å². The molecule has 0 spiro atoms. The van der Waals surface area contributed by atoms with Gasteiger partial charge in [0, 0.05) is 18.6 Å². The maximum Gasteiger partial charge on any atom is 0.293 e. The van der Waals surface area contributed by atoms with E-state index in [2.05, 4.69) is 4.74 Å². The van der Waals surface area contributed by atoms with Crippen LogP contribution in [0.15, 0.2) is 0 Å². The van der Waals surface area contributed by atoms with Crippen molar-refractivity contribution in [2.45, 2.75) is 0 Å². The van der Waals surface area contributed by atoms with Gasteiger partial charge in [-0.25, -0.2) is 0 Å². The van der Waals surface area contributed by atoms with Gasteiger partial charge in [-0.2, -0.15) is 11.8 Å². The molecule has 0 heterocycles. The standard InChI is InChI=1S/C6H12O3S/c1-8-2-4-10-5-3-9-6-7/h6H,2-5H2,1H3. The molecule has 0 rings (SSSR count). The largest absolute Gasteiger partial charge is 0.467 e. The zero-order valence-electron chi connectivity index (χ0n) is 6.04. The Kier molecular flexibility index (Phi) is 8.59. The first-order chi connectivity index (χ1) is 4.91. The first-order valence-electron chi connectivity index (χ1n) is 3.03. The molecule has 0 aromatic rings. The zero-order valence-corrected chi connectivity index (χ0v) is 6.86. The Morgan fingerprint density at radius 3 is 2.70 bits per heavy atom. The third-order valence-electron chi connectivity index (χ3n) is 0.845. The summed E-state index contributed by atoms with van der Waals surface area (Å²) in [4.78, 5) is 9.64. The predicted molar refractivity (Wildman–Crippen MR) is 41.2 cm³/mol. The number of carbonyl (C=O) groups is 1. The van der Waals surface area contributed by atoms with Crippen LogP contribution < -0.4 is 0 Å². The van der Waals surface area contributed by atoms with Gasteiger partial charge in [-0.15, -0.1) is 0 Å². The van der Waals surface area contributed by atoms with Crippen LogP contribution in [0, 0.1) is 0 Å². The second-order valence-electron chi connectivity index (χ2n) is 1.57. The van der Waals surface area contributed by atoms with Gasteiger partial charge >= 0.3 is 0 Å². The number of ether oxygens (including phenoxy) is 2. The molecule has 0 unspecified atom stereocenters. The molecule has 0 aromatic heterocycles. The molecule has 0 radical (unpaired) electrons. The third kappa shape index (κ3) is 7.78. The number of rotatable bonds is 7. The Labute approximate surface area is 65.1 Å². The number of methoxy groups -OCH3 is 1. The molecular weight excluding hydrogens is 152 g/mol. The van der Waals surface area contributed by atoms with E-state index < -0.39 is 0 Å². The normalized spacial score (nSPS) is 9.30. The lowest BCUT2D eigenvalue weighted by Crippen LogP contribution is -1.98. The highest BCUT2D eigenvalue weighted by Crippen LogP contribution is 1.97. The molecule has 0 saturated carbocycles. The summed E-state index contributed by atoms with van der Waals surface area (Å²) in [5, 5.41) is 0. The molecule has 4 heteroatoms. The summed E-state index contributed by atoms with van der Waals surface area (Å²) in [5.74, 6) is 1.81. The van der Waals surface area contributed by atoms with E-state index in [0.717, 1.165) is 18.1 Å². The molecule has 0 fully saturated rings. The van der Waals surface area contributed by atoms with Crippen molar-refractivity contribution in [1.82, 2.24) is 0 Å². The average Bonchev–Trinajstić information content (AvgIpc) is 1.97. The fourth-order valence-corrected chi connectivity index (χ4v) is 1.10. The minimum atomic E-state index is 0.469. The maximum absolute atomic E-state index is 9.64. The van der Waals surface area contributed by atoms with E-state index in [-0.39, 0.29) is 0 Å². The van der Waals surface area contributed by atoms with Gasteiger partial charge in [-0.1, -0.05) is 0 Å². The van der Waals surface area contributed by atoms with Gasteiger partial charge < -0.3 is 9.47 Å². The molecule has 0 atom stereocenters. The topological polar surface area (TPSA) is 35.5 Å². The van der Waals surface area contributed by atoms with Crippen LogP contribution in [-0.2, 0) is 14.3 Å². The summed E-state index contributed by atoms with van der Waals surface area (Å²) in [5.41, 5.74) is 0. The Morgan fingerprint density at radius 1 is 1.40 bits per heavy atom. The molecule has 60 valence electrons. The van der Waals surface area contributed by atoms with Gasteiger partial charge in [-0.05, 0) is 0 Å². The molecule has 0 aliphatic carbocycles. The van der Waals surface area contributed by atoms with E-state index in [1.807, 2.05) is 0 Å². The van der Waals surface area contributed by atoms with Crippen LogP contribution in [0.25, 0.3) is 0 Å². The minimum absolute atomic E-state index is 0.469. The van der Waals surface area contributed by atoms with Crippen molar-refractivity contribution in [2.75, 3.05) is 31.8 Å². The molecule has 0 aromatic carbocycles. The van der Waals surface area contributed by atoms with Crippen LogP contribution in [0.2, 0.25) is 0 Å². The van der Waals surface area contributed by atoms with E-state index in [4.69, 9.17) is 4.74 Å². The molecule has 0 N–H and O–H groups in total. The highest BCUT2D eigenvalue weighted by molar-refractivity contribution is 7.99. The Balaban J connectivity index is 2.70. The smallest absolute Gasteiger partial charge is 0.293 e. The lowest BCUT2D eigenvalue weighted by atomic mass is 10.8. The van der Waals surface area contributed by atoms with Crippen LogP contribution in [-0.4, -0.2) is 38.3 Å². The number of carbonyl (C=O) groups excluding carboxylic acids is 1. The van der Waals surface area contributed by atoms with Crippen LogP contribution >= 0.6 is 11.8 Å². The van der Waals surface area contributed by atoms with Gasteiger partial charge in [0.25, 0.3) is 6.47 Å². The summed E-state index contributed by atoms with van der Waals surface area (Å²) < 4.78 is 9.29. The van der Waals surface area contributed by atoms with Gasteiger partial charge in [0.05, 0.1) is 6.61 Å². The van der Waals surface area contributed by atoms with E-state index in [1.54, 1.807) is 18.9 Å². The van der Waals surface area contributed by atoms with Crippen molar-refractivity contribution in [3.05, 3.63) is 0 Å². The lowest BCUT2D eigenvalue weighted by molar-refractivity contribution is -0.128. The molecule has 0 aliphatic heterocycles. The van der Waals surface area contributed by atoms with E-state index in [1.165, 1.54) is 0 Å². The van der Waals surface area contributed by atoms with Crippen LogP contribution in [0.5, 0.6) is 0 Å². The van der Waals surface area contributed by atoms with E-state index in [0.29, 0.717) is 13.1 Å². The van der Waals surface area contributed by atoms with Crippen LogP contribution in [0.4, 0.5) is 0 Å². The van der Waals surface area contributed by atoms with Crippen molar-refractivity contribution < 1.29 is 14.3 Å². The monoisotopic (exact) mass is 164 g/mol. The van der Waals surface area contributed by atoms with Crippen LogP contribution in [0.1, 0.15) is 0 Å². The first kappa shape index (κ1) is 9.78. The minimum Gasteiger partial charge on any atom is -0.467 e. The third-order valence-corrected chi connectivity index (χ3v) is 1.76. The Hall–Kier alpha value is -0.220. The van der Waals surface area contributed by atoms with E-state index in [9.17, 15) is 4.79 Å². The van der Waals surface area contributed by atoms with Crippen molar-refractivity contribution in [1.29, 1.82) is 0 Å². The second kappa shape index (κ2) is 8.78. The fraction of sp³-hybridized carbons (Fsp3) is 0.833. The highest BCUT2D eigenvalue weighted by Gasteiger charge is 1.87. The number of thioether (sulfide) groups is 1. The molecule has 0 amide bonds. The van der Waals surface area contributed by atoms with Gasteiger partial charge in [-0.3, -0.25) is 4.79 Å². The van der Waals surface area contributed by atoms with Crippen molar-refractivity contribution in [2.24, 2.45) is 0 Å². The van der Waals surface area contributed by atoms with Crippen molar-refractivity contribution in [3.63, 3.8) is 0 Å². The molecule has 0 aliphatic rings. The summed E-state index contributed by atoms with van der Waals surface area (Å²) in [7, 11) is 1.67. The second-order valence-corrected chi connectivity index (χ2v) is 2.80. The SMILES string of the molecule is COCCSCCOC=O. The fourth-order valence-electron chi connectivity index (χ4n) is 0.399. The maximum atomic E-state index is 9.64. The Bertz CT molecular complexity index is 77.4. The number of hydrogen-bond acceptors (Lipinski definition) is 4. The summed E-state index contributed by atoms with van der Waals surface area (Å²) in [6.07, 6.45) is 0. The number of hydrogen-bond donors (Lipinski definition) is 0. The summed E-state index contributed by atoms with van der Waals surface area (Å²) >= 11 is 1.71. The molecule has 3 nitrogen and oxygen atoms in total.